The van der Waals surface area contributed by atoms with Gasteiger partial charge in [-0.3, -0.25) is 4.98 Å². The third-order valence-corrected chi connectivity index (χ3v) is 3.31. The first-order valence-corrected chi connectivity index (χ1v) is 5.44. The minimum absolute atomic E-state index is 0.669. The SMILES string of the molecule is NC[C@@H]1C[C@H]1c1ccnc2ccccc12. The summed E-state index contributed by atoms with van der Waals surface area (Å²) in [6.45, 7) is 0.807. The average molecular weight is 198 g/mol. The summed E-state index contributed by atoms with van der Waals surface area (Å²) < 4.78 is 0. The molecule has 2 N–H and O–H groups in total. The zero-order valence-electron chi connectivity index (χ0n) is 8.56. The monoisotopic (exact) mass is 198 g/mol. The van der Waals surface area contributed by atoms with Crippen molar-refractivity contribution >= 4 is 10.9 Å². The Bertz CT molecular complexity index is 487. The van der Waals surface area contributed by atoms with Gasteiger partial charge in [0.25, 0.3) is 0 Å². The summed E-state index contributed by atoms with van der Waals surface area (Å²) >= 11 is 0. The molecule has 1 aromatic carbocycles. The summed E-state index contributed by atoms with van der Waals surface area (Å²) in [5.41, 5.74) is 8.21. The molecule has 2 nitrogen and oxygen atoms in total. The molecule has 15 heavy (non-hydrogen) atoms. The molecule has 0 amide bonds. The molecule has 1 fully saturated rings. The van der Waals surface area contributed by atoms with Gasteiger partial charge in [0.1, 0.15) is 0 Å². The Balaban J connectivity index is 2.11. The molecule has 2 aromatic rings. The van der Waals surface area contributed by atoms with Crippen LogP contribution in [0.15, 0.2) is 36.5 Å². The Morgan fingerprint density at radius 3 is 2.93 bits per heavy atom. The van der Waals surface area contributed by atoms with Crippen LogP contribution in [0.3, 0.4) is 0 Å². The minimum Gasteiger partial charge on any atom is -0.330 e. The van der Waals surface area contributed by atoms with Crippen molar-refractivity contribution in [2.75, 3.05) is 6.54 Å². The smallest absolute Gasteiger partial charge is 0.0704 e. The number of hydrogen-bond acceptors (Lipinski definition) is 2. The molecule has 0 radical (unpaired) electrons. The summed E-state index contributed by atoms with van der Waals surface area (Å²) in [5, 5.41) is 1.29. The Kier molecular flexibility index (Phi) is 1.96. The lowest BCUT2D eigenvalue weighted by Gasteiger charge is -2.04. The van der Waals surface area contributed by atoms with Crippen molar-refractivity contribution in [1.29, 1.82) is 0 Å². The largest absolute Gasteiger partial charge is 0.330 e. The third kappa shape index (κ3) is 1.41. The van der Waals surface area contributed by atoms with Crippen LogP contribution < -0.4 is 5.73 Å². The highest BCUT2D eigenvalue weighted by molar-refractivity contribution is 5.82. The van der Waals surface area contributed by atoms with E-state index in [1.165, 1.54) is 17.4 Å². The molecular formula is C13H14N2. The Morgan fingerprint density at radius 2 is 2.13 bits per heavy atom. The number of benzene rings is 1. The number of nitrogens with zero attached hydrogens (tertiary/aromatic N) is 1. The highest BCUT2D eigenvalue weighted by Gasteiger charge is 2.37. The molecule has 1 aromatic heterocycles. The predicted molar refractivity (Wildman–Crippen MR) is 61.6 cm³/mol. The fourth-order valence-electron chi connectivity index (χ4n) is 2.33. The normalized spacial score (nSPS) is 24.3. The number of aromatic nitrogens is 1. The number of para-hydroxylation sites is 1. The van der Waals surface area contributed by atoms with Gasteiger partial charge < -0.3 is 5.73 Å². The van der Waals surface area contributed by atoms with E-state index in [0.29, 0.717) is 11.8 Å². The second-order valence-corrected chi connectivity index (χ2v) is 4.26. The molecule has 76 valence electrons. The molecule has 0 bridgehead atoms. The Hall–Kier alpha value is -1.41. The molecule has 1 heterocycles. The van der Waals surface area contributed by atoms with E-state index in [1.807, 2.05) is 12.3 Å². The van der Waals surface area contributed by atoms with Crippen LogP contribution in [0.1, 0.15) is 17.9 Å². The predicted octanol–water partition coefficient (Wildman–Crippen LogP) is 2.30. The van der Waals surface area contributed by atoms with Crippen LogP contribution in [0.25, 0.3) is 10.9 Å². The Morgan fingerprint density at radius 1 is 1.27 bits per heavy atom. The van der Waals surface area contributed by atoms with Crippen LogP contribution in [0.2, 0.25) is 0 Å². The van der Waals surface area contributed by atoms with Crippen LogP contribution in [-0.2, 0) is 0 Å². The van der Waals surface area contributed by atoms with Gasteiger partial charge >= 0.3 is 0 Å². The van der Waals surface area contributed by atoms with E-state index < -0.39 is 0 Å². The van der Waals surface area contributed by atoms with Crippen LogP contribution in [0.4, 0.5) is 0 Å². The second kappa shape index (κ2) is 3.31. The molecule has 0 aliphatic heterocycles. The van der Waals surface area contributed by atoms with Crippen molar-refractivity contribution in [2.45, 2.75) is 12.3 Å². The zero-order valence-corrected chi connectivity index (χ0v) is 8.56. The van der Waals surface area contributed by atoms with E-state index in [1.54, 1.807) is 0 Å². The standard InChI is InChI=1S/C13H14N2/c14-8-9-7-12(9)10-5-6-15-13-4-2-1-3-11(10)13/h1-6,9,12H,7-8,14H2/t9-,12+/m0/s1. The number of nitrogens with two attached hydrogens (primary N) is 1. The fraction of sp³-hybridized carbons (Fsp3) is 0.308. The van der Waals surface area contributed by atoms with Gasteiger partial charge in [0.15, 0.2) is 0 Å². The van der Waals surface area contributed by atoms with E-state index in [9.17, 15) is 0 Å². The van der Waals surface area contributed by atoms with Crippen LogP contribution in [-0.4, -0.2) is 11.5 Å². The van der Waals surface area contributed by atoms with Gasteiger partial charge in [-0.2, -0.15) is 0 Å². The van der Waals surface area contributed by atoms with E-state index >= 15 is 0 Å². The quantitative estimate of drug-likeness (QED) is 0.804. The molecule has 1 aliphatic rings. The van der Waals surface area contributed by atoms with Crippen LogP contribution in [0, 0.1) is 5.92 Å². The first-order chi connectivity index (χ1) is 7.40. The molecule has 1 aliphatic carbocycles. The lowest BCUT2D eigenvalue weighted by molar-refractivity contribution is 0.812. The number of hydrogen-bond donors (Lipinski definition) is 1. The maximum atomic E-state index is 5.69. The van der Waals surface area contributed by atoms with E-state index in [0.717, 1.165) is 12.1 Å². The zero-order chi connectivity index (χ0) is 10.3. The van der Waals surface area contributed by atoms with Gasteiger partial charge in [-0.15, -0.1) is 0 Å². The number of rotatable bonds is 2. The lowest BCUT2D eigenvalue weighted by atomic mass is 10.0. The van der Waals surface area contributed by atoms with Gasteiger partial charge in [0.05, 0.1) is 5.52 Å². The number of pyridine rings is 1. The molecule has 1 saturated carbocycles. The lowest BCUT2D eigenvalue weighted by Crippen LogP contribution is -2.02. The van der Waals surface area contributed by atoms with Gasteiger partial charge in [-0.1, -0.05) is 18.2 Å². The molecular weight excluding hydrogens is 184 g/mol. The van der Waals surface area contributed by atoms with Gasteiger partial charge in [-0.05, 0) is 42.5 Å². The summed E-state index contributed by atoms with van der Waals surface area (Å²) in [4.78, 5) is 4.37. The van der Waals surface area contributed by atoms with Crippen molar-refractivity contribution in [3.63, 3.8) is 0 Å². The van der Waals surface area contributed by atoms with E-state index in [4.69, 9.17) is 5.73 Å². The minimum atomic E-state index is 0.669. The van der Waals surface area contributed by atoms with Crippen LogP contribution >= 0.6 is 0 Å². The third-order valence-electron chi connectivity index (χ3n) is 3.31. The average Bonchev–Trinajstić information content (AvgIpc) is 3.07. The first kappa shape index (κ1) is 8.86. The summed E-state index contributed by atoms with van der Waals surface area (Å²) in [6, 6.07) is 10.5. The van der Waals surface area contributed by atoms with Gasteiger partial charge in [0, 0.05) is 11.6 Å². The van der Waals surface area contributed by atoms with Crippen molar-refractivity contribution in [3.8, 4) is 0 Å². The van der Waals surface area contributed by atoms with E-state index in [-0.39, 0.29) is 0 Å². The van der Waals surface area contributed by atoms with Crippen LogP contribution in [0.5, 0.6) is 0 Å². The van der Waals surface area contributed by atoms with E-state index in [2.05, 4.69) is 29.2 Å². The van der Waals surface area contributed by atoms with Gasteiger partial charge in [0.2, 0.25) is 0 Å². The van der Waals surface area contributed by atoms with Crippen molar-refractivity contribution in [3.05, 3.63) is 42.1 Å². The summed E-state index contributed by atoms with van der Waals surface area (Å²) in [5.74, 6) is 1.36. The first-order valence-electron chi connectivity index (χ1n) is 5.44. The number of fused-ring (bicyclic) bond motifs is 1. The van der Waals surface area contributed by atoms with Crippen molar-refractivity contribution in [1.82, 2.24) is 4.98 Å². The molecule has 3 rings (SSSR count). The highest BCUT2D eigenvalue weighted by Crippen LogP contribution is 2.48. The fourth-order valence-corrected chi connectivity index (χ4v) is 2.33. The molecule has 0 unspecified atom stereocenters. The summed E-state index contributed by atoms with van der Waals surface area (Å²) in [6.07, 6.45) is 3.15. The molecule has 2 atom stereocenters. The maximum absolute atomic E-state index is 5.69. The molecule has 0 spiro atoms. The maximum Gasteiger partial charge on any atom is 0.0704 e. The van der Waals surface area contributed by atoms with Gasteiger partial charge in [-0.25, -0.2) is 0 Å². The topological polar surface area (TPSA) is 38.9 Å². The van der Waals surface area contributed by atoms with Crippen molar-refractivity contribution < 1.29 is 0 Å². The second-order valence-electron chi connectivity index (χ2n) is 4.26. The van der Waals surface area contributed by atoms with Crippen molar-refractivity contribution in [2.24, 2.45) is 11.7 Å². The highest BCUT2D eigenvalue weighted by atomic mass is 14.7. The summed E-state index contributed by atoms with van der Waals surface area (Å²) in [7, 11) is 0. The molecule has 2 heteroatoms. The molecule has 0 saturated heterocycles. The Labute approximate surface area is 89.1 Å².